The molecule has 34 heavy (non-hydrogen) atoms. The molecule has 2 saturated heterocycles. The second-order valence-corrected chi connectivity index (χ2v) is 9.31. The van der Waals surface area contributed by atoms with Gasteiger partial charge in [0.2, 0.25) is 11.9 Å². The number of likely N-dealkylation sites (N-methyl/N-ethyl adjacent to an activating group) is 1. The van der Waals surface area contributed by atoms with Crippen LogP contribution in [0.1, 0.15) is 18.9 Å². The molecular formula is C22H25F3N8O. The first kappa shape index (κ1) is 22.4. The Bertz CT molecular complexity index is 1250. The largest absolute Gasteiger partial charge is 0.416 e. The smallest absolute Gasteiger partial charge is 0.354 e. The number of nitrogens with one attached hydrogen (secondary N) is 2. The van der Waals surface area contributed by atoms with Crippen molar-refractivity contribution in [2.75, 3.05) is 43.9 Å². The van der Waals surface area contributed by atoms with Gasteiger partial charge in [0, 0.05) is 26.1 Å². The number of rotatable bonds is 5. The third-order valence-corrected chi connectivity index (χ3v) is 6.58. The fourth-order valence-electron chi connectivity index (χ4n) is 4.30. The molecule has 2 aliphatic heterocycles. The van der Waals surface area contributed by atoms with E-state index in [9.17, 15) is 18.0 Å². The van der Waals surface area contributed by atoms with Crippen molar-refractivity contribution < 1.29 is 18.0 Å². The Morgan fingerprint density at radius 2 is 2.00 bits per heavy atom. The lowest BCUT2D eigenvalue weighted by Gasteiger charge is -2.52. The molecule has 0 unspecified atom stereocenters. The molecule has 3 aromatic rings. The van der Waals surface area contributed by atoms with E-state index >= 15 is 0 Å². The maximum atomic E-state index is 13.3. The van der Waals surface area contributed by atoms with Gasteiger partial charge in [0.05, 0.1) is 34.4 Å². The summed E-state index contributed by atoms with van der Waals surface area (Å²) in [6.45, 7) is 4.06. The molecule has 2 aliphatic rings. The van der Waals surface area contributed by atoms with E-state index in [1.54, 1.807) is 12.3 Å². The topological polar surface area (TPSA) is 91.2 Å². The van der Waals surface area contributed by atoms with Crippen LogP contribution in [0.25, 0.3) is 16.7 Å². The molecule has 9 nitrogen and oxygen atoms in total. The second kappa shape index (κ2) is 7.83. The number of fused-ring (bicyclic) bond motifs is 1. The fraction of sp³-hybridized carbons (Fsp3) is 0.455. The summed E-state index contributed by atoms with van der Waals surface area (Å²) in [5.74, 6) is 0.899. The van der Waals surface area contributed by atoms with Crippen LogP contribution in [-0.2, 0) is 11.0 Å². The summed E-state index contributed by atoms with van der Waals surface area (Å²) in [7, 11) is 4.05. The molecule has 5 rings (SSSR count). The van der Waals surface area contributed by atoms with Gasteiger partial charge in [-0.05, 0) is 39.2 Å². The molecule has 0 radical (unpaired) electrons. The minimum absolute atomic E-state index is 0.0241. The van der Waals surface area contributed by atoms with Crippen LogP contribution in [0.3, 0.4) is 0 Å². The van der Waals surface area contributed by atoms with Crippen LogP contribution in [0, 0.1) is 0 Å². The van der Waals surface area contributed by atoms with E-state index in [0.29, 0.717) is 35.8 Å². The van der Waals surface area contributed by atoms with Gasteiger partial charge in [-0.1, -0.05) is 6.07 Å². The second-order valence-electron chi connectivity index (χ2n) is 9.31. The molecule has 1 amide bonds. The number of alkyl halides is 3. The fourth-order valence-corrected chi connectivity index (χ4v) is 4.30. The van der Waals surface area contributed by atoms with Gasteiger partial charge in [0.25, 0.3) is 0 Å². The first-order valence-electron chi connectivity index (χ1n) is 10.9. The molecule has 0 spiro atoms. The lowest BCUT2D eigenvalue weighted by molar-refractivity contribution is -0.137. The number of carbonyl (C=O) groups is 1. The molecule has 1 aromatic carbocycles. The number of anilines is 2. The quantitative estimate of drug-likeness (QED) is 0.586. The van der Waals surface area contributed by atoms with E-state index in [-0.39, 0.29) is 23.2 Å². The number of halogens is 3. The van der Waals surface area contributed by atoms with Crippen molar-refractivity contribution in [3.05, 3.63) is 36.0 Å². The zero-order valence-corrected chi connectivity index (χ0v) is 19.0. The zero-order valence-electron chi connectivity index (χ0n) is 19.0. The van der Waals surface area contributed by atoms with Crippen molar-refractivity contribution in [2.45, 2.75) is 31.1 Å². The van der Waals surface area contributed by atoms with Gasteiger partial charge in [0.1, 0.15) is 5.82 Å². The van der Waals surface area contributed by atoms with Gasteiger partial charge in [-0.25, -0.2) is 4.68 Å². The van der Waals surface area contributed by atoms with Gasteiger partial charge in [0.15, 0.2) is 5.65 Å². The normalized spacial score (nSPS) is 20.0. The summed E-state index contributed by atoms with van der Waals surface area (Å²) in [4.78, 5) is 25.2. The Hall–Kier alpha value is -3.41. The third-order valence-electron chi connectivity index (χ3n) is 6.58. The molecule has 2 fully saturated rings. The van der Waals surface area contributed by atoms with Crippen LogP contribution in [0.5, 0.6) is 0 Å². The highest BCUT2D eigenvalue weighted by molar-refractivity contribution is 5.89. The van der Waals surface area contributed by atoms with Gasteiger partial charge >= 0.3 is 6.18 Å². The Kier molecular flexibility index (Phi) is 5.15. The van der Waals surface area contributed by atoms with Crippen molar-refractivity contribution in [3.8, 4) is 5.69 Å². The number of amides is 1. The van der Waals surface area contributed by atoms with E-state index in [1.165, 1.54) is 10.7 Å². The summed E-state index contributed by atoms with van der Waals surface area (Å²) in [6.07, 6.45) is -2.59. The average Bonchev–Trinajstić information content (AvgIpc) is 3.36. The lowest BCUT2D eigenvalue weighted by atomic mass is 9.91. The van der Waals surface area contributed by atoms with Crippen LogP contribution >= 0.6 is 0 Å². The average molecular weight is 474 g/mol. The Balaban J connectivity index is 1.58. The summed E-state index contributed by atoms with van der Waals surface area (Å²) >= 11 is 0. The SMILES string of the molecule is CN(C)C1(C)CN(c2nc(N[C@@H]3CNC(=O)C3)nc3c2cnn3-c2cccc(C(F)(F)F)c2)C1. The van der Waals surface area contributed by atoms with E-state index < -0.39 is 11.7 Å². The summed E-state index contributed by atoms with van der Waals surface area (Å²) in [5, 5.41) is 11.0. The maximum absolute atomic E-state index is 13.3. The predicted octanol–water partition coefficient (Wildman–Crippen LogP) is 2.28. The number of nitrogens with zero attached hydrogens (tertiary/aromatic N) is 6. The molecule has 2 aromatic heterocycles. The number of hydrogen-bond acceptors (Lipinski definition) is 7. The number of hydrogen-bond donors (Lipinski definition) is 2. The van der Waals surface area contributed by atoms with Gasteiger partial charge in [-0.15, -0.1) is 0 Å². The molecular weight excluding hydrogens is 449 g/mol. The predicted molar refractivity (Wildman–Crippen MR) is 121 cm³/mol. The highest BCUT2D eigenvalue weighted by Gasteiger charge is 2.42. The van der Waals surface area contributed by atoms with Crippen molar-refractivity contribution in [3.63, 3.8) is 0 Å². The summed E-state index contributed by atoms with van der Waals surface area (Å²) in [5.41, 5.74) is -0.146. The minimum atomic E-state index is -4.47. The van der Waals surface area contributed by atoms with E-state index in [2.05, 4.69) is 37.4 Å². The molecule has 1 atom stereocenters. The van der Waals surface area contributed by atoms with Gasteiger partial charge in [-0.3, -0.25) is 4.79 Å². The van der Waals surface area contributed by atoms with E-state index in [1.807, 2.05) is 14.1 Å². The van der Waals surface area contributed by atoms with Crippen LogP contribution in [-0.4, -0.2) is 75.9 Å². The Morgan fingerprint density at radius 1 is 1.24 bits per heavy atom. The van der Waals surface area contributed by atoms with E-state index in [0.717, 1.165) is 25.2 Å². The van der Waals surface area contributed by atoms with Crippen molar-refractivity contribution >= 4 is 28.7 Å². The van der Waals surface area contributed by atoms with Gasteiger partial charge < -0.3 is 20.4 Å². The maximum Gasteiger partial charge on any atom is 0.416 e. The molecule has 0 saturated carbocycles. The highest BCUT2D eigenvalue weighted by atomic mass is 19.4. The molecule has 2 N–H and O–H groups in total. The molecule has 4 heterocycles. The van der Waals surface area contributed by atoms with Crippen molar-refractivity contribution in [1.29, 1.82) is 0 Å². The molecule has 0 bridgehead atoms. The summed E-state index contributed by atoms with van der Waals surface area (Å²) in [6, 6.07) is 4.80. The number of benzene rings is 1. The van der Waals surface area contributed by atoms with Crippen LogP contribution < -0.4 is 15.5 Å². The Labute approximate surface area is 193 Å². The highest BCUT2D eigenvalue weighted by Crippen LogP contribution is 2.36. The first-order valence-corrected chi connectivity index (χ1v) is 10.9. The monoisotopic (exact) mass is 474 g/mol. The molecule has 180 valence electrons. The number of aromatic nitrogens is 4. The molecule has 0 aliphatic carbocycles. The minimum Gasteiger partial charge on any atom is -0.354 e. The standard InChI is InChI=1S/C22H25F3N8O/c1-21(31(2)3)11-32(12-21)18-16-10-27-33(15-6-4-5-13(7-15)22(23,24)25)19(16)30-20(29-18)28-14-8-17(34)26-9-14/h4-7,10,14H,8-9,11-12H2,1-3H3,(H,26,34)(H,28,29,30)/t14-/m0/s1. The van der Waals surface area contributed by atoms with Crippen molar-refractivity contribution in [1.82, 2.24) is 30.0 Å². The van der Waals surface area contributed by atoms with Gasteiger partial charge in [-0.2, -0.15) is 28.2 Å². The summed E-state index contributed by atoms with van der Waals surface area (Å²) < 4.78 is 41.3. The lowest BCUT2D eigenvalue weighted by Crippen LogP contribution is -2.67. The van der Waals surface area contributed by atoms with Crippen LogP contribution in [0.15, 0.2) is 30.5 Å². The van der Waals surface area contributed by atoms with E-state index in [4.69, 9.17) is 4.98 Å². The van der Waals surface area contributed by atoms with Crippen LogP contribution in [0.2, 0.25) is 0 Å². The molecule has 12 heteroatoms. The third kappa shape index (κ3) is 3.91. The Morgan fingerprint density at radius 3 is 2.65 bits per heavy atom. The van der Waals surface area contributed by atoms with Crippen LogP contribution in [0.4, 0.5) is 24.9 Å². The zero-order chi connectivity index (χ0) is 24.3. The van der Waals surface area contributed by atoms with Crippen molar-refractivity contribution in [2.24, 2.45) is 0 Å². The first-order chi connectivity index (χ1) is 16.0. The number of carbonyl (C=O) groups excluding carboxylic acids is 1.